The van der Waals surface area contributed by atoms with Gasteiger partial charge in [0.05, 0.1) is 0 Å². The first-order valence-corrected chi connectivity index (χ1v) is 4.59. The minimum atomic E-state index is -0.0294. The van der Waals surface area contributed by atoms with Crippen molar-refractivity contribution in [1.29, 1.82) is 0 Å². The maximum absolute atomic E-state index is 10.7. The third kappa shape index (κ3) is 3.05. The topological polar surface area (TPSA) is 29.1 Å². The number of amides is 1. The van der Waals surface area contributed by atoms with Gasteiger partial charge in [-0.1, -0.05) is 36.4 Å². The Hall–Kier alpha value is -1.57. The van der Waals surface area contributed by atoms with Gasteiger partial charge in [0.25, 0.3) is 0 Å². The van der Waals surface area contributed by atoms with E-state index in [2.05, 4.69) is 11.9 Å². The molecule has 74 valence electrons. The molecular formula is C12H15NO. The minimum absolute atomic E-state index is 0.0294. The molecule has 1 rings (SSSR count). The van der Waals surface area contributed by atoms with Crippen molar-refractivity contribution in [2.75, 3.05) is 6.54 Å². The molecule has 1 N–H and O–H groups in total. The van der Waals surface area contributed by atoms with E-state index < -0.39 is 0 Å². The van der Waals surface area contributed by atoms with Gasteiger partial charge < -0.3 is 5.32 Å². The third-order valence-electron chi connectivity index (χ3n) is 2.01. The van der Waals surface area contributed by atoms with Crippen molar-refractivity contribution in [3.8, 4) is 0 Å². The van der Waals surface area contributed by atoms with Crippen molar-refractivity contribution in [2.24, 2.45) is 0 Å². The van der Waals surface area contributed by atoms with Gasteiger partial charge in [0.2, 0.25) is 5.91 Å². The Bertz CT molecular complexity index is 338. The second kappa shape index (κ2) is 4.61. The molecular weight excluding hydrogens is 174 g/mol. The summed E-state index contributed by atoms with van der Waals surface area (Å²) in [6, 6.07) is 8.10. The summed E-state index contributed by atoms with van der Waals surface area (Å²) in [6.07, 6.45) is 0. The standard InChI is InChI=1S/C12H15NO/c1-9-4-6-12(7-5-9)10(2)8-13-11(3)14/h4-7H,2,8H2,1,3H3,(H,13,14). The molecule has 0 heterocycles. The van der Waals surface area contributed by atoms with Gasteiger partial charge in [-0.2, -0.15) is 0 Å². The lowest BCUT2D eigenvalue weighted by Crippen LogP contribution is -2.21. The average molecular weight is 189 g/mol. The summed E-state index contributed by atoms with van der Waals surface area (Å²) < 4.78 is 0. The number of nitrogens with one attached hydrogen (secondary N) is 1. The lowest BCUT2D eigenvalue weighted by atomic mass is 10.1. The summed E-state index contributed by atoms with van der Waals surface area (Å²) in [5.74, 6) is -0.0294. The highest BCUT2D eigenvalue weighted by atomic mass is 16.1. The van der Waals surface area contributed by atoms with Crippen molar-refractivity contribution in [3.05, 3.63) is 42.0 Å². The zero-order valence-corrected chi connectivity index (χ0v) is 8.63. The van der Waals surface area contributed by atoms with E-state index in [1.165, 1.54) is 12.5 Å². The van der Waals surface area contributed by atoms with Gasteiger partial charge in [-0.25, -0.2) is 0 Å². The highest BCUT2D eigenvalue weighted by Gasteiger charge is 1.98. The second-order valence-electron chi connectivity index (χ2n) is 3.38. The van der Waals surface area contributed by atoms with Crippen LogP contribution in [0.15, 0.2) is 30.8 Å². The van der Waals surface area contributed by atoms with Gasteiger partial charge >= 0.3 is 0 Å². The summed E-state index contributed by atoms with van der Waals surface area (Å²) in [5, 5.41) is 2.72. The molecule has 1 aromatic carbocycles. The van der Waals surface area contributed by atoms with Crippen LogP contribution in [0.4, 0.5) is 0 Å². The molecule has 0 spiro atoms. The zero-order valence-electron chi connectivity index (χ0n) is 8.63. The molecule has 0 aliphatic heterocycles. The molecule has 2 heteroatoms. The Morgan fingerprint density at radius 3 is 2.43 bits per heavy atom. The molecule has 0 atom stereocenters. The average Bonchev–Trinajstić information content (AvgIpc) is 2.15. The number of carbonyl (C=O) groups excluding carboxylic acids is 1. The minimum Gasteiger partial charge on any atom is -0.352 e. The largest absolute Gasteiger partial charge is 0.352 e. The monoisotopic (exact) mass is 189 g/mol. The van der Waals surface area contributed by atoms with Crippen molar-refractivity contribution in [2.45, 2.75) is 13.8 Å². The molecule has 0 saturated heterocycles. The van der Waals surface area contributed by atoms with Gasteiger partial charge in [0, 0.05) is 13.5 Å². The van der Waals surface area contributed by atoms with Crippen LogP contribution in [0.25, 0.3) is 5.57 Å². The normalized spacial score (nSPS) is 9.57. The molecule has 14 heavy (non-hydrogen) atoms. The zero-order chi connectivity index (χ0) is 10.6. The summed E-state index contributed by atoms with van der Waals surface area (Å²) in [6.45, 7) is 7.97. The number of hydrogen-bond donors (Lipinski definition) is 1. The Morgan fingerprint density at radius 1 is 1.36 bits per heavy atom. The van der Waals surface area contributed by atoms with Gasteiger partial charge in [0.15, 0.2) is 0 Å². The third-order valence-corrected chi connectivity index (χ3v) is 2.01. The Morgan fingerprint density at radius 2 is 1.93 bits per heavy atom. The molecule has 0 fully saturated rings. The van der Waals surface area contributed by atoms with Crippen LogP contribution < -0.4 is 5.32 Å². The van der Waals surface area contributed by atoms with Crippen LogP contribution in [0, 0.1) is 6.92 Å². The summed E-state index contributed by atoms with van der Waals surface area (Å²) in [7, 11) is 0. The fourth-order valence-corrected chi connectivity index (χ4v) is 1.12. The number of hydrogen-bond acceptors (Lipinski definition) is 1. The molecule has 0 unspecified atom stereocenters. The van der Waals surface area contributed by atoms with E-state index in [9.17, 15) is 4.79 Å². The molecule has 0 bridgehead atoms. The van der Waals surface area contributed by atoms with Gasteiger partial charge in [-0.05, 0) is 18.1 Å². The summed E-state index contributed by atoms with van der Waals surface area (Å²) in [4.78, 5) is 10.7. The van der Waals surface area contributed by atoms with Crippen LogP contribution >= 0.6 is 0 Å². The highest BCUT2D eigenvalue weighted by Crippen LogP contribution is 2.11. The van der Waals surface area contributed by atoms with Gasteiger partial charge in [0.1, 0.15) is 0 Å². The molecule has 0 radical (unpaired) electrons. The molecule has 0 aliphatic rings. The van der Waals surface area contributed by atoms with Crippen LogP contribution in [0.5, 0.6) is 0 Å². The lowest BCUT2D eigenvalue weighted by Gasteiger charge is -2.06. The van der Waals surface area contributed by atoms with Crippen LogP contribution in [-0.2, 0) is 4.79 Å². The van der Waals surface area contributed by atoms with Gasteiger partial charge in [-0.3, -0.25) is 4.79 Å². The van der Waals surface area contributed by atoms with Crippen LogP contribution in [0.3, 0.4) is 0 Å². The predicted molar refractivity (Wildman–Crippen MR) is 58.9 cm³/mol. The van der Waals surface area contributed by atoms with Crippen molar-refractivity contribution in [1.82, 2.24) is 5.32 Å². The quantitative estimate of drug-likeness (QED) is 0.775. The van der Waals surface area contributed by atoms with E-state index in [1.807, 2.05) is 31.2 Å². The van der Waals surface area contributed by atoms with Crippen molar-refractivity contribution < 1.29 is 4.79 Å². The molecule has 0 saturated carbocycles. The first-order chi connectivity index (χ1) is 6.59. The van der Waals surface area contributed by atoms with E-state index in [4.69, 9.17) is 0 Å². The number of carbonyl (C=O) groups is 1. The predicted octanol–water partition coefficient (Wildman–Crippen LogP) is 2.14. The number of benzene rings is 1. The van der Waals surface area contributed by atoms with Crippen LogP contribution in [0.1, 0.15) is 18.1 Å². The van der Waals surface area contributed by atoms with Gasteiger partial charge in [-0.15, -0.1) is 0 Å². The second-order valence-corrected chi connectivity index (χ2v) is 3.38. The fraction of sp³-hybridized carbons (Fsp3) is 0.250. The van der Waals surface area contributed by atoms with Crippen molar-refractivity contribution in [3.63, 3.8) is 0 Å². The molecule has 0 aromatic heterocycles. The smallest absolute Gasteiger partial charge is 0.217 e. The first-order valence-electron chi connectivity index (χ1n) is 4.59. The molecule has 1 amide bonds. The maximum atomic E-state index is 10.7. The van der Waals surface area contributed by atoms with E-state index >= 15 is 0 Å². The maximum Gasteiger partial charge on any atom is 0.217 e. The van der Waals surface area contributed by atoms with Crippen LogP contribution in [-0.4, -0.2) is 12.5 Å². The van der Waals surface area contributed by atoms with E-state index in [1.54, 1.807) is 0 Å². The SMILES string of the molecule is C=C(CNC(C)=O)c1ccc(C)cc1. The highest BCUT2D eigenvalue weighted by molar-refractivity contribution is 5.76. The van der Waals surface area contributed by atoms with Crippen LogP contribution in [0.2, 0.25) is 0 Å². The molecule has 1 aromatic rings. The molecule has 0 aliphatic carbocycles. The van der Waals surface area contributed by atoms with E-state index in [0.29, 0.717) is 6.54 Å². The lowest BCUT2D eigenvalue weighted by molar-refractivity contribution is -0.118. The number of rotatable bonds is 3. The Balaban J connectivity index is 2.61. The van der Waals surface area contributed by atoms with E-state index in [0.717, 1.165) is 11.1 Å². The van der Waals surface area contributed by atoms with E-state index in [-0.39, 0.29) is 5.91 Å². The first kappa shape index (κ1) is 10.5. The summed E-state index contributed by atoms with van der Waals surface area (Å²) in [5.41, 5.74) is 3.23. The fourth-order valence-electron chi connectivity index (χ4n) is 1.12. The number of aryl methyl sites for hydroxylation is 1. The molecule has 2 nitrogen and oxygen atoms in total. The summed E-state index contributed by atoms with van der Waals surface area (Å²) >= 11 is 0. The Kier molecular flexibility index (Phi) is 3.46. The van der Waals surface area contributed by atoms with Crippen molar-refractivity contribution >= 4 is 11.5 Å². The Labute approximate surface area is 84.6 Å².